The van der Waals surface area contributed by atoms with Crippen molar-refractivity contribution in [3.05, 3.63) is 247 Å². The van der Waals surface area contributed by atoms with Crippen molar-refractivity contribution in [2.45, 2.75) is 5.41 Å². The van der Waals surface area contributed by atoms with Crippen molar-refractivity contribution in [1.82, 2.24) is 13.7 Å². The van der Waals surface area contributed by atoms with E-state index in [1.165, 1.54) is 116 Å². The van der Waals surface area contributed by atoms with Gasteiger partial charge in [0, 0.05) is 49.3 Å². The maximum absolute atomic E-state index is 2.62. The first-order valence-corrected chi connectivity index (χ1v) is 22.3. The number of nitrogens with zero attached hydrogens (tertiary/aromatic N) is 3. The number of hydrogen-bond donors (Lipinski definition) is 0. The standard InChI is InChI=1S/C61H37N3/c1-3-18-38(19-4-1)62-54-36-34-44-42-24-10-15-31-51(42)63(39-20-5-2-6-21-39)59(44)57(54)58-55(62)37-35-45-43-25-11-16-32-52(43)64(60(45)58)53-33-17-30-50-56(53)46-26-9-14-29-49(46)61(50)47-27-12-7-22-40(47)41-23-8-13-28-48(41)61/h1-37H. The maximum atomic E-state index is 2.62. The van der Waals surface area contributed by atoms with E-state index in [0.717, 1.165) is 11.4 Å². The minimum atomic E-state index is -0.449. The largest absolute Gasteiger partial charge is 0.309 e. The Labute approximate surface area is 368 Å². The molecule has 0 N–H and O–H groups in total. The highest BCUT2D eigenvalue weighted by Crippen LogP contribution is 2.64. The molecule has 1 spiro atoms. The van der Waals surface area contributed by atoms with Crippen molar-refractivity contribution in [1.29, 1.82) is 0 Å². The van der Waals surface area contributed by atoms with Crippen molar-refractivity contribution < 1.29 is 0 Å². The van der Waals surface area contributed by atoms with Crippen LogP contribution >= 0.6 is 0 Å². The number of rotatable bonds is 3. The molecule has 0 bridgehead atoms. The highest BCUT2D eigenvalue weighted by molar-refractivity contribution is 6.33. The third-order valence-corrected chi connectivity index (χ3v) is 14.6. The molecule has 0 atom stereocenters. The second kappa shape index (κ2) is 12.4. The first-order chi connectivity index (χ1) is 31.8. The molecule has 3 heteroatoms. The summed E-state index contributed by atoms with van der Waals surface area (Å²) in [4.78, 5) is 0. The summed E-state index contributed by atoms with van der Waals surface area (Å²) in [6.45, 7) is 0. The van der Waals surface area contributed by atoms with Crippen LogP contribution in [-0.4, -0.2) is 13.7 Å². The van der Waals surface area contributed by atoms with Gasteiger partial charge in [-0.05, 0) is 93.5 Å². The fourth-order valence-corrected chi connectivity index (χ4v) is 12.4. The van der Waals surface area contributed by atoms with E-state index in [1.54, 1.807) is 0 Å². The lowest BCUT2D eigenvalue weighted by Crippen LogP contribution is -2.25. The molecule has 15 rings (SSSR count). The summed E-state index contributed by atoms with van der Waals surface area (Å²) in [5, 5.41) is 7.46. The zero-order valence-electron chi connectivity index (χ0n) is 34.7. The topological polar surface area (TPSA) is 14.8 Å². The molecular formula is C61H37N3. The van der Waals surface area contributed by atoms with E-state index in [0.29, 0.717) is 0 Å². The van der Waals surface area contributed by atoms with Gasteiger partial charge in [0.1, 0.15) is 0 Å². The quantitative estimate of drug-likeness (QED) is 0.169. The van der Waals surface area contributed by atoms with Crippen LogP contribution in [0.4, 0.5) is 0 Å². The van der Waals surface area contributed by atoms with Gasteiger partial charge in [0.05, 0.1) is 44.2 Å². The summed E-state index contributed by atoms with van der Waals surface area (Å²) in [5.41, 5.74) is 20.8. The Morgan fingerprint density at radius 3 is 1.30 bits per heavy atom. The maximum Gasteiger partial charge on any atom is 0.0726 e. The normalized spacial score (nSPS) is 13.4. The molecule has 0 radical (unpaired) electrons. The van der Waals surface area contributed by atoms with Crippen molar-refractivity contribution >= 4 is 65.4 Å². The second-order valence-electron chi connectivity index (χ2n) is 17.5. The third kappa shape index (κ3) is 4.08. The average Bonchev–Trinajstić information content (AvgIpc) is 4.14. The predicted octanol–water partition coefficient (Wildman–Crippen LogP) is 15.3. The van der Waals surface area contributed by atoms with Gasteiger partial charge in [-0.1, -0.05) is 170 Å². The molecule has 0 aliphatic heterocycles. The van der Waals surface area contributed by atoms with Crippen molar-refractivity contribution in [3.8, 4) is 39.3 Å². The average molecular weight is 812 g/mol. The van der Waals surface area contributed by atoms with E-state index < -0.39 is 5.41 Å². The lowest BCUT2D eigenvalue weighted by atomic mass is 9.70. The second-order valence-corrected chi connectivity index (χ2v) is 17.5. The summed E-state index contributed by atoms with van der Waals surface area (Å²) in [6, 6.07) is 83.7. The molecular weight excluding hydrogens is 775 g/mol. The number of fused-ring (bicyclic) bond motifs is 21. The van der Waals surface area contributed by atoms with E-state index in [1.807, 2.05) is 0 Å². The van der Waals surface area contributed by atoms with Crippen molar-refractivity contribution in [3.63, 3.8) is 0 Å². The lowest BCUT2D eigenvalue weighted by molar-refractivity contribution is 0.793. The van der Waals surface area contributed by atoms with E-state index in [2.05, 4.69) is 238 Å². The minimum Gasteiger partial charge on any atom is -0.309 e. The van der Waals surface area contributed by atoms with Crippen LogP contribution < -0.4 is 0 Å². The fraction of sp³-hybridized carbons (Fsp3) is 0.0164. The molecule has 296 valence electrons. The van der Waals surface area contributed by atoms with Crippen molar-refractivity contribution in [2.24, 2.45) is 0 Å². The Morgan fingerprint density at radius 1 is 0.266 bits per heavy atom. The van der Waals surface area contributed by atoms with Gasteiger partial charge in [0.2, 0.25) is 0 Å². The summed E-state index contributed by atoms with van der Waals surface area (Å²) < 4.78 is 7.62. The fourth-order valence-electron chi connectivity index (χ4n) is 12.4. The summed E-state index contributed by atoms with van der Waals surface area (Å²) in [7, 11) is 0. The Hall–Kier alpha value is -8.40. The summed E-state index contributed by atoms with van der Waals surface area (Å²) >= 11 is 0. The van der Waals surface area contributed by atoms with Crippen LogP contribution in [0.5, 0.6) is 0 Å². The molecule has 10 aromatic carbocycles. The Morgan fingerprint density at radius 2 is 0.703 bits per heavy atom. The molecule has 0 unspecified atom stereocenters. The van der Waals surface area contributed by atoms with Crippen LogP contribution in [0.15, 0.2) is 224 Å². The zero-order valence-corrected chi connectivity index (χ0v) is 34.7. The predicted molar refractivity (Wildman–Crippen MR) is 266 cm³/mol. The zero-order chi connectivity index (χ0) is 41.7. The van der Waals surface area contributed by atoms with E-state index >= 15 is 0 Å². The SMILES string of the molecule is c1ccc(-n2c3ccc4c5ccccc5n(-c5ccccc5)c4c3c3c2ccc2c4ccccc4n(-c4cccc5c4-c4ccccc4C54c5ccccc5-c5ccccc54)c23)cc1. The molecule has 3 nitrogen and oxygen atoms in total. The monoisotopic (exact) mass is 811 g/mol. The van der Waals surface area contributed by atoms with E-state index in [-0.39, 0.29) is 0 Å². The third-order valence-electron chi connectivity index (χ3n) is 14.6. The molecule has 2 aliphatic carbocycles. The summed E-state index contributed by atoms with van der Waals surface area (Å²) in [5.74, 6) is 0. The molecule has 0 saturated carbocycles. The van der Waals surface area contributed by atoms with Crippen LogP contribution in [-0.2, 0) is 5.41 Å². The van der Waals surface area contributed by atoms with Crippen LogP contribution in [0.1, 0.15) is 22.3 Å². The highest BCUT2D eigenvalue weighted by Gasteiger charge is 2.52. The molecule has 0 saturated heterocycles. The Bertz CT molecular complexity index is 4080. The molecule has 3 heterocycles. The molecule has 3 aromatic heterocycles. The number of hydrogen-bond acceptors (Lipinski definition) is 0. The first kappa shape index (κ1) is 34.2. The Balaban J connectivity index is 1.17. The van der Waals surface area contributed by atoms with E-state index in [9.17, 15) is 0 Å². The highest BCUT2D eigenvalue weighted by atomic mass is 15.0. The molecule has 2 aliphatic rings. The van der Waals surface area contributed by atoms with Crippen LogP contribution in [0.2, 0.25) is 0 Å². The van der Waals surface area contributed by atoms with Gasteiger partial charge in [0.15, 0.2) is 0 Å². The van der Waals surface area contributed by atoms with Gasteiger partial charge in [-0.2, -0.15) is 0 Å². The van der Waals surface area contributed by atoms with Gasteiger partial charge >= 0.3 is 0 Å². The van der Waals surface area contributed by atoms with Crippen molar-refractivity contribution in [2.75, 3.05) is 0 Å². The van der Waals surface area contributed by atoms with Gasteiger partial charge in [-0.25, -0.2) is 0 Å². The molecule has 64 heavy (non-hydrogen) atoms. The number of aromatic nitrogens is 3. The smallest absolute Gasteiger partial charge is 0.0726 e. The first-order valence-electron chi connectivity index (χ1n) is 22.3. The van der Waals surface area contributed by atoms with Gasteiger partial charge in [-0.3, -0.25) is 0 Å². The number of benzene rings is 10. The number of para-hydroxylation sites is 4. The van der Waals surface area contributed by atoms with Crippen LogP contribution in [0.25, 0.3) is 105 Å². The molecule has 13 aromatic rings. The minimum absolute atomic E-state index is 0.449. The lowest BCUT2D eigenvalue weighted by Gasteiger charge is -2.30. The van der Waals surface area contributed by atoms with Crippen LogP contribution in [0, 0.1) is 0 Å². The Kier molecular flexibility index (Phi) is 6.61. The van der Waals surface area contributed by atoms with Gasteiger partial charge in [-0.15, -0.1) is 0 Å². The summed E-state index contributed by atoms with van der Waals surface area (Å²) in [6.07, 6.45) is 0. The molecule has 0 amide bonds. The van der Waals surface area contributed by atoms with Crippen LogP contribution in [0.3, 0.4) is 0 Å². The van der Waals surface area contributed by atoms with Gasteiger partial charge < -0.3 is 13.7 Å². The van der Waals surface area contributed by atoms with E-state index in [4.69, 9.17) is 0 Å². The van der Waals surface area contributed by atoms with Gasteiger partial charge in [0.25, 0.3) is 0 Å². The molecule has 0 fully saturated rings.